The molecule has 6 heteroatoms. The monoisotopic (exact) mass is 195 g/mol. The van der Waals surface area contributed by atoms with Crippen molar-refractivity contribution in [1.29, 1.82) is 0 Å². The van der Waals surface area contributed by atoms with E-state index in [2.05, 4.69) is 9.36 Å². The van der Waals surface area contributed by atoms with Crippen LogP contribution in [0.1, 0.15) is 5.69 Å². The van der Waals surface area contributed by atoms with E-state index in [1.807, 2.05) is 0 Å². The van der Waals surface area contributed by atoms with E-state index in [1.165, 1.54) is 6.20 Å². The van der Waals surface area contributed by atoms with Crippen molar-refractivity contribution in [2.75, 3.05) is 0 Å². The molecule has 2 rings (SSSR count). The average molecular weight is 195 g/mol. The third-order valence-electron chi connectivity index (χ3n) is 1.77. The summed E-state index contributed by atoms with van der Waals surface area (Å²) < 4.78 is 4.50. The summed E-state index contributed by atoms with van der Waals surface area (Å²) >= 11 is 1.12. The van der Waals surface area contributed by atoms with Crippen molar-refractivity contribution in [1.82, 2.24) is 9.36 Å². The van der Waals surface area contributed by atoms with Crippen LogP contribution in [0, 0.1) is 17.0 Å². The van der Waals surface area contributed by atoms with Crippen LogP contribution < -0.4 is 0 Å². The Morgan fingerprint density at radius 3 is 3.00 bits per heavy atom. The number of nitro groups is 1. The van der Waals surface area contributed by atoms with E-state index in [1.54, 1.807) is 13.1 Å². The summed E-state index contributed by atoms with van der Waals surface area (Å²) in [5, 5.41) is 11.3. The Labute approximate surface area is 77.4 Å². The molecule has 0 saturated carbocycles. The van der Waals surface area contributed by atoms with E-state index in [-0.39, 0.29) is 5.69 Å². The molecule has 13 heavy (non-hydrogen) atoms. The molecule has 0 aliphatic rings. The number of aromatic nitrogens is 2. The van der Waals surface area contributed by atoms with Gasteiger partial charge in [-0.3, -0.25) is 15.1 Å². The average Bonchev–Trinajstić information content (AvgIpc) is 2.53. The number of pyridine rings is 1. The minimum Gasteiger partial charge on any atom is -0.258 e. The SMILES string of the molecule is Cc1ncc([N+](=O)[O-])c2sncc12. The molecular weight excluding hydrogens is 190 g/mol. The van der Waals surface area contributed by atoms with Crippen molar-refractivity contribution in [2.24, 2.45) is 0 Å². The Morgan fingerprint density at radius 2 is 2.31 bits per heavy atom. The first-order valence-corrected chi connectivity index (χ1v) is 4.32. The topological polar surface area (TPSA) is 68.9 Å². The molecule has 0 spiro atoms. The van der Waals surface area contributed by atoms with Gasteiger partial charge in [-0.1, -0.05) is 0 Å². The van der Waals surface area contributed by atoms with Gasteiger partial charge in [0.2, 0.25) is 0 Å². The molecule has 0 aliphatic heterocycles. The summed E-state index contributed by atoms with van der Waals surface area (Å²) in [4.78, 5) is 14.1. The first-order chi connectivity index (χ1) is 6.20. The summed E-state index contributed by atoms with van der Waals surface area (Å²) in [5.41, 5.74) is 0.803. The molecule has 2 aromatic rings. The summed E-state index contributed by atoms with van der Waals surface area (Å²) in [6.07, 6.45) is 2.88. The van der Waals surface area contributed by atoms with Crippen molar-refractivity contribution < 1.29 is 4.92 Å². The molecule has 2 heterocycles. The zero-order chi connectivity index (χ0) is 9.42. The van der Waals surface area contributed by atoms with Gasteiger partial charge in [0.05, 0.1) is 11.1 Å². The molecule has 0 radical (unpaired) electrons. The fourth-order valence-electron chi connectivity index (χ4n) is 1.10. The van der Waals surface area contributed by atoms with E-state index in [9.17, 15) is 10.1 Å². The summed E-state index contributed by atoms with van der Waals surface area (Å²) in [7, 11) is 0. The van der Waals surface area contributed by atoms with Crippen LogP contribution >= 0.6 is 11.5 Å². The Balaban J connectivity index is 2.86. The van der Waals surface area contributed by atoms with Crippen molar-refractivity contribution >= 4 is 27.3 Å². The van der Waals surface area contributed by atoms with E-state index < -0.39 is 4.92 Å². The number of nitrogens with zero attached hydrogens (tertiary/aromatic N) is 3. The van der Waals surface area contributed by atoms with Crippen LogP contribution in [0.15, 0.2) is 12.4 Å². The maximum absolute atomic E-state index is 10.6. The van der Waals surface area contributed by atoms with Gasteiger partial charge in [-0.05, 0) is 18.5 Å². The van der Waals surface area contributed by atoms with Crippen molar-refractivity contribution in [3.05, 3.63) is 28.2 Å². The van der Waals surface area contributed by atoms with Gasteiger partial charge in [0.15, 0.2) is 0 Å². The molecule has 0 aliphatic carbocycles. The molecule has 0 amide bonds. The van der Waals surface area contributed by atoms with Crippen molar-refractivity contribution in [3.8, 4) is 0 Å². The largest absolute Gasteiger partial charge is 0.306 e. The quantitative estimate of drug-likeness (QED) is 0.514. The van der Waals surface area contributed by atoms with E-state index >= 15 is 0 Å². The van der Waals surface area contributed by atoms with Gasteiger partial charge in [-0.25, -0.2) is 0 Å². The minimum atomic E-state index is -0.438. The number of aryl methyl sites for hydroxylation is 1. The Morgan fingerprint density at radius 1 is 1.54 bits per heavy atom. The second-order valence-electron chi connectivity index (χ2n) is 2.55. The lowest BCUT2D eigenvalue weighted by Gasteiger charge is -1.94. The molecule has 66 valence electrons. The smallest absolute Gasteiger partial charge is 0.258 e. The fraction of sp³-hybridized carbons (Fsp3) is 0.143. The van der Waals surface area contributed by atoms with Gasteiger partial charge in [0.1, 0.15) is 10.9 Å². The second-order valence-corrected chi connectivity index (χ2v) is 3.36. The normalized spacial score (nSPS) is 10.5. The number of rotatable bonds is 1. The lowest BCUT2D eigenvalue weighted by molar-refractivity contribution is -0.383. The van der Waals surface area contributed by atoms with E-state index in [0.29, 0.717) is 4.70 Å². The molecule has 0 bridgehead atoms. The zero-order valence-corrected chi connectivity index (χ0v) is 7.54. The predicted molar refractivity (Wildman–Crippen MR) is 48.8 cm³/mol. The highest BCUT2D eigenvalue weighted by molar-refractivity contribution is 7.13. The van der Waals surface area contributed by atoms with Crippen LogP contribution in [0.5, 0.6) is 0 Å². The maximum atomic E-state index is 10.6. The number of fused-ring (bicyclic) bond motifs is 1. The standard InChI is InChI=1S/C7H5N3O2S/c1-4-5-2-9-13-7(5)6(3-8-4)10(11)12/h2-3H,1H3. The molecule has 2 aromatic heterocycles. The molecule has 0 aromatic carbocycles. The van der Waals surface area contributed by atoms with Crippen LogP contribution in [-0.2, 0) is 0 Å². The third kappa shape index (κ3) is 1.15. The highest BCUT2D eigenvalue weighted by Crippen LogP contribution is 2.29. The van der Waals surface area contributed by atoms with Gasteiger partial charge >= 0.3 is 5.69 Å². The van der Waals surface area contributed by atoms with Crippen LogP contribution in [-0.4, -0.2) is 14.3 Å². The Kier molecular flexibility index (Phi) is 1.70. The molecule has 0 atom stereocenters. The third-order valence-corrected chi connectivity index (χ3v) is 2.59. The Hall–Kier alpha value is -1.56. The lowest BCUT2D eigenvalue weighted by atomic mass is 10.2. The lowest BCUT2D eigenvalue weighted by Crippen LogP contribution is -1.90. The van der Waals surface area contributed by atoms with Gasteiger partial charge in [0.25, 0.3) is 0 Å². The van der Waals surface area contributed by atoms with Gasteiger partial charge < -0.3 is 0 Å². The van der Waals surface area contributed by atoms with Crippen LogP contribution in [0.25, 0.3) is 10.1 Å². The van der Waals surface area contributed by atoms with Crippen molar-refractivity contribution in [3.63, 3.8) is 0 Å². The van der Waals surface area contributed by atoms with E-state index in [0.717, 1.165) is 22.6 Å². The first-order valence-electron chi connectivity index (χ1n) is 3.54. The molecule has 0 saturated heterocycles. The minimum absolute atomic E-state index is 0.0306. The molecule has 0 unspecified atom stereocenters. The number of hydrogen-bond donors (Lipinski definition) is 0. The summed E-state index contributed by atoms with van der Waals surface area (Å²) in [6, 6.07) is 0. The first kappa shape index (κ1) is 8.06. The van der Waals surface area contributed by atoms with Crippen LogP contribution in [0.2, 0.25) is 0 Å². The summed E-state index contributed by atoms with van der Waals surface area (Å²) in [5.74, 6) is 0. The van der Waals surface area contributed by atoms with Gasteiger partial charge in [-0.2, -0.15) is 4.37 Å². The van der Waals surface area contributed by atoms with Crippen LogP contribution in [0.4, 0.5) is 5.69 Å². The van der Waals surface area contributed by atoms with Gasteiger partial charge in [-0.15, -0.1) is 0 Å². The second kappa shape index (κ2) is 2.74. The predicted octanol–water partition coefficient (Wildman–Crippen LogP) is 1.91. The maximum Gasteiger partial charge on any atom is 0.306 e. The fourth-order valence-corrected chi connectivity index (χ4v) is 1.88. The van der Waals surface area contributed by atoms with E-state index in [4.69, 9.17) is 0 Å². The zero-order valence-electron chi connectivity index (χ0n) is 6.72. The molecular formula is C7H5N3O2S. The highest BCUT2D eigenvalue weighted by Gasteiger charge is 2.15. The molecule has 0 fully saturated rings. The molecule has 5 nitrogen and oxygen atoms in total. The number of hydrogen-bond acceptors (Lipinski definition) is 5. The molecule has 0 N–H and O–H groups in total. The highest BCUT2D eigenvalue weighted by atomic mass is 32.1. The van der Waals surface area contributed by atoms with Crippen molar-refractivity contribution in [2.45, 2.75) is 6.92 Å². The van der Waals surface area contributed by atoms with Gasteiger partial charge in [0, 0.05) is 11.1 Å². The van der Waals surface area contributed by atoms with Crippen LogP contribution in [0.3, 0.4) is 0 Å². The summed E-state index contributed by atoms with van der Waals surface area (Å²) in [6.45, 7) is 1.81. The Bertz CT molecular complexity index is 480.